The lowest BCUT2D eigenvalue weighted by molar-refractivity contribution is -0.123. The van der Waals surface area contributed by atoms with Gasteiger partial charge in [0.15, 0.2) is 0 Å². The van der Waals surface area contributed by atoms with Crippen LogP contribution in [0.15, 0.2) is 41.1 Å². The van der Waals surface area contributed by atoms with E-state index < -0.39 is 6.04 Å². The summed E-state index contributed by atoms with van der Waals surface area (Å²) < 4.78 is 2.59. The summed E-state index contributed by atoms with van der Waals surface area (Å²) in [7, 11) is 1.79. The zero-order chi connectivity index (χ0) is 14.7. The van der Waals surface area contributed by atoms with Crippen LogP contribution in [-0.2, 0) is 11.8 Å². The van der Waals surface area contributed by atoms with Gasteiger partial charge in [0.25, 0.3) is 0 Å². The second kappa shape index (κ2) is 6.19. The molecule has 20 heavy (non-hydrogen) atoms. The predicted molar refractivity (Wildman–Crippen MR) is 80.8 cm³/mol. The van der Waals surface area contributed by atoms with E-state index >= 15 is 0 Å². The molecule has 6 heteroatoms. The second-order valence-corrected chi connectivity index (χ2v) is 5.53. The zero-order valence-electron chi connectivity index (χ0n) is 11.4. The number of hydrogen-bond acceptors (Lipinski definition) is 3. The number of amides is 1. The molecule has 1 amide bonds. The number of rotatable bonds is 4. The number of benzene rings is 1. The molecule has 1 aromatic carbocycles. The summed E-state index contributed by atoms with van der Waals surface area (Å²) in [5.74, 6) is -0.221. The maximum atomic E-state index is 12.2. The lowest BCUT2D eigenvalue weighted by Gasteiger charge is -2.18. The Hall–Kier alpha value is -1.66. The van der Waals surface area contributed by atoms with Crippen molar-refractivity contribution in [3.05, 3.63) is 52.3 Å². The average Bonchev–Trinajstić information content (AvgIpc) is 2.84. The average molecular weight is 337 g/mol. The summed E-state index contributed by atoms with van der Waals surface area (Å²) in [6, 6.07) is 6.94. The van der Waals surface area contributed by atoms with Crippen LogP contribution in [0.4, 0.5) is 0 Å². The van der Waals surface area contributed by atoms with Crippen LogP contribution in [0.2, 0.25) is 0 Å². The molecule has 0 spiro atoms. The molecular weight excluding hydrogens is 320 g/mol. The van der Waals surface area contributed by atoms with E-state index in [1.165, 1.54) is 0 Å². The Bertz CT molecular complexity index is 611. The standard InChI is InChI=1S/C14H17BrN4O/c1-9(11-5-3-4-6-12(11)15)18-14(20)13(16)10-7-17-19(2)8-10/h3-9,13H,16H2,1-2H3,(H,18,20). The third-order valence-corrected chi connectivity index (χ3v) is 3.82. The van der Waals surface area contributed by atoms with E-state index in [1.54, 1.807) is 24.1 Å². The minimum atomic E-state index is -0.714. The Morgan fingerprint density at radius 3 is 2.75 bits per heavy atom. The van der Waals surface area contributed by atoms with Gasteiger partial charge in [-0.1, -0.05) is 34.1 Å². The number of halogens is 1. The van der Waals surface area contributed by atoms with Crippen LogP contribution in [0.25, 0.3) is 0 Å². The molecular formula is C14H17BrN4O. The van der Waals surface area contributed by atoms with Crippen LogP contribution in [-0.4, -0.2) is 15.7 Å². The van der Waals surface area contributed by atoms with Crippen molar-refractivity contribution in [3.8, 4) is 0 Å². The molecule has 2 rings (SSSR count). The largest absolute Gasteiger partial charge is 0.348 e. The van der Waals surface area contributed by atoms with Crippen LogP contribution in [0.5, 0.6) is 0 Å². The quantitative estimate of drug-likeness (QED) is 0.897. The van der Waals surface area contributed by atoms with Gasteiger partial charge in [-0.3, -0.25) is 9.48 Å². The Labute approximate surface area is 126 Å². The van der Waals surface area contributed by atoms with Crippen molar-refractivity contribution in [1.29, 1.82) is 0 Å². The van der Waals surface area contributed by atoms with Crippen molar-refractivity contribution >= 4 is 21.8 Å². The highest BCUT2D eigenvalue weighted by atomic mass is 79.9. The number of hydrogen-bond donors (Lipinski definition) is 2. The highest BCUT2D eigenvalue weighted by molar-refractivity contribution is 9.10. The molecule has 2 unspecified atom stereocenters. The minimum absolute atomic E-state index is 0.124. The Balaban J connectivity index is 2.06. The van der Waals surface area contributed by atoms with Gasteiger partial charge in [0.05, 0.1) is 12.2 Å². The molecule has 0 radical (unpaired) electrons. The summed E-state index contributed by atoms with van der Waals surface area (Å²) in [6.07, 6.45) is 3.35. The molecule has 0 aliphatic rings. The maximum Gasteiger partial charge on any atom is 0.242 e. The highest BCUT2D eigenvalue weighted by Gasteiger charge is 2.20. The van der Waals surface area contributed by atoms with Gasteiger partial charge in [-0.05, 0) is 18.6 Å². The smallest absolute Gasteiger partial charge is 0.242 e. The highest BCUT2D eigenvalue weighted by Crippen LogP contribution is 2.23. The van der Waals surface area contributed by atoms with Crippen molar-refractivity contribution in [2.75, 3.05) is 0 Å². The van der Waals surface area contributed by atoms with Gasteiger partial charge in [-0.15, -0.1) is 0 Å². The normalized spacial score (nSPS) is 13.8. The number of carbonyl (C=O) groups excluding carboxylic acids is 1. The first-order valence-corrected chi connectivity index (χ1v) is 7.07. The molecule has 2 aromatic rings. The van der Waals surface area contributed by atoms with E-state index in [2.05, 4.69) is 26.3 Å². The molecule has 106 valence electrons. The van der Waals surface area contributed by atoms with Crippen LogP contribution in [0.1, 0.15) is 30.1 Å². The lowest BCUT2D eigenvalue weighted by Crippen LogP contribution is -2.35. The predicted octanol–water partition coefficient (Wildman–Crippen LogP) is 2.06. The van der Waals surface area contributed by atoms with Crippen LogP contribution in [0, 0.1) is 0 Å². The van der Waals surface area contributed by atoms with Gasteiger partial charge in [0, 0.05) is 23.3 Å². The van der Waals surface area contributed by atoms with Gasteiger partial charge in [-0.2, -0.15) is 5.10 Å². The number of nitrogens with one attached hydrogen (secondary N) is 1. The van der Waals surface area contributed by atoms with E-state index in [1.807, 2.05) is 31.2 Å². The zero-order valence-corrected chi connectivity index (χ0v) is 13.0. The summed E-state index contributed by atoms with van der Waals surface area (Å²) >= 11 is 3.48. The Morgan fingerprint density at radius 2 is 2.15 bits per heavy atom. The summed E-state index contributed by atoms with van der Waals surface area (Å²) in [4.78, 5) is 12.2. The van der Waals surface area contributed by atoms with E-state index in [0.717, 1.165) is 10.0 Å². The number of nitrogens with zero attached hydrogens (tertiary/aromatic N) is 2. The van der Waals surface area contributed by atoms with Gasteiger partial charge in [-0.25, -0.2) is 0 Å². The minimum Gasteiger partial charge on any atom is -0.348 e. The summed E-state index contributed by atoms with van der Waals surface area (Å²) in [5.41, 5.74) is 7.65. The van der Waals surface area contributed by atoms with Crippen molar-refractivity contribution < 1.29 is 4.79 Å². The van der Waals surface area contributed by atoms with Crippen LogP contribution in [0.3, 0.4) is 0 Å². The van der Waals surface area contributed by atoms with Crippen LogP contribution >= 0.6 is 15.9 Å². The molecule has 0 aliphatic heterocycles. The van der Waals surface area contributed by atoms with Gasteiger partial charge in [0.2, 0.25) is 5.91 Å². The van der Waals surface area contributed by atoms with Gasteiger partial charge < -0.3 is 11.1 Å². The molecule has 5 nitrogen and oxygen atoms in total. The van der Waals surface area contributed by atoms with Crippen molar-refractivity contribution in [1.82, 2.24) is 15.1 Å². The molecule has 2 atom stereocenters. The second-order valence-electron chi connectivity index (χ2n) is 4.68. The number of aromatic nitrogens is 2. The first kappa shape index (κ1) is 14.7. The fourth-order valence-electron chi connectivity index (χ4n) is 1.96. The monoisotopic (exact) mass is 336 g/mol. The molecule has 0 saturated carbocycles. The molecule has 0 aliphatic carbocycles. The topological polar surface area (TPSA) is 72.9 Å². The molecule has 0 bridgehead atoms. The third-order valence-electron chi connectivity index (χ3n) is 3.10. The van der Waals surface area contributed by atoms with Crippen LogP contribution < -0.4 is 11.1 Å². The summed E-state index contributed by atoms with van der Waals surface area (Å²) in [5, 5.41) is 6.93. The van der Waals surface area contributed by atoms with Crippen molar-refractivity contribution in [2.24, 2.45) is 12.8 Å². The molecule has 1 aromatic heterocycles. The number of aryl methyl sites for hydroxylation is 1. The molecule has 3 N–H and O–H groups in total. The van der Waals surface area contributed by atoms with E-state index in [4.69, 9.17) is 5.73 Å². The summed E-state index contributed by atoms with van der Waals surface area (Å²) in [6.45, 7) is 1.92. The van der Waals surface area contributed by atoms with Gasteiger partial charge in [0.1, 0.15) is 6.04 Å². The number of nitrogens with two attached hydrogens (primary N) is 1. The van der Waals surface area contributed by atoms with Gasteiger partial charge >= 0.3 is 0 Å². The Kier molecular flexibility index (Phi) is 4.57. The SMILES string of the molecule is CC(NC(=O)C(N)c1cnn(C)c1)c1ccccc1Br. The van der Waals surface area contributed by atoms with E-state index in [0.29, 0.717) is 5.56 Å². The third kappa shape index (κ3) is 3.26. The first-order chi connectivity index (χ1) is 9.49. The van der Waals surface area contributed by atoms with Crippen molar-refractivity contribution in [2.45, 2.75) is 19.0 Å². The first-order valence-electron chi connectivity index (χ1n) is 6.28. The molecule has 1 heterocycles. The van der Waals surface area contributed by atoms with Crippen molar-refractivity contribution in [3.63, 3.8) is 0 Å². The molecule has 0 fully saturated rings. The van der Waals surface area contributed by atoms with E-state index in [-0.39, 0.29) is 11.9 Å². The maximum absolute atomic E-state index is 12.2. The fourth-order valence-corrected chi connectivity index (χ4v) is 2.59. The number of carbonyl (C=O) groups is 1. The lowest BCUT2D eigenvalue weighted by atomic mass is 10.1. The van der Waals surface area contributed by atoms with E-state index in [9.17, 15) is 4.79 Å². The fraction of sp³-hybridized carbons (Fsp3) is 0.286. The molecule has 0 saturated heterocycles. The Morgan fingerprint density at radius 1 is 1.45 bits per heavy atom.